The van der Waals surface area contributed by atoms with Gasteiger partial charge < -0.3 is 4.57 Å². The molecular weight excluding hydrogens is 659 g/mol. The molecule has 0 saturated heterocycles. The Kier molecular flexibility index (Phi) is 8.29. The summed E-state index contributed by atoms with van der Waals surface area (Å²) >= 11 is 0. The van der Waals surface area contributed by atoms with E-state index in [0.29, 0.717) is 28.6 Å². The molecule has 0 fully saturated rings. The van der Waals surface area contributed by atoms with Crippen LogP contribution in [-0.4, -0.2) is 19.5 Å². The third kappa shape index (κ3) is 6.50. The molecule has 8 rings (SSSR count). The van der Waals surface area contributed by atoms with Crippen molar-refractivity contribution in [3.8, 4) is 51.0 Å². The lowest BCUT2D eigenvalue weighted by Crippen LogP contribution is -2.10. The fourth-order valence-electron chi connectivity index (χ4n) is 6.96. The molecule has 0 aliphatic heterocycles. The van der Waals surface area contributed by atoms with Gasteiger partial charge in [0.15, 0.2) is 17.5 Å². The molecule has 2 aromatic heterocycles. The van der Waals surface area contributed by atoms with Crippen molar-refractivity contribution in [2.45, 2.75) is 52.4 Å². The van der Waals surface area contributed by atoms with Gasteiger partial charge in [0.05, 0.1) is 16.7 Å². The van der Waals surface area contributed by atoms with E-state index in [0.717, 1.165) is 50.2 Å². The van der Waals surface area contributed by atoms with Gasteiger partial charge in [-0.25, -0.2) is 23.7 Å². The molecule has 0 spiro atoms. The van der Waals surface area contributed by atoms with E-state index in [2.05, 4.69) is 82.5 Å². The first-order valence-corrected chi connectivity index (χ1v) is 17.9. The summed E-state index contributed by atoms with van der Waals surface area (Å²) in [5.74, 6) is 0.308. The Morgan fingerprint density at radius 1 is 0.434 bits per heavy atom. The molecule has 53 heavy (non-hydrogen) atoms. The molecule has 0 bridgehead atoms. The topological polar surface area (TPSA) is 43.6 Å². The van der Waals surface area contributed by atoms with Crippen LogP contribution in [0.1, 0.15) is 52.7 Å². The van der Waals surface area contributed by atoms with Crippen molar-refractivity contribution in [2.24, 2.45) is 0 Å². The van der Waals surface area contributed by atoms with Crippen molar-refractivity contribution in [1.82, 2.24) is 19.5 Å². The Hall–Kier alpha value is -6.01. The number of halogens is 2. The van der Waals surface area contributed by atoms with E-state index in [1.807, 2.05) is 78.9 Å². The maximum Gasteiger partial charge on any atom is 0.164 e. The molecule has 0 radical (unpaired) electrons. The van der Waals surface area contributed by atoms with E-state index < -0.39 is 11.6 Å². The number of aromatic nitrogens is 4. The van der Waals surface area contributed by atoms with Gasteiger partial charge in [-0.3, -0.25) is 0 Å². The van der Waals surface area contributed by atoms with Crippen molar-refractivity contribution in [3.05, 3.63) is 156 Å². The maximum absolute atomic E-state index is 14.9. The molecule has 0 saturated carbocycles. The van der Waals surface area contributed by atoms with E-state index in [9.17, 15) is 8.78 Å². The van der Waals surface area contributed by atoms with Crippen molar-refractivity contribution in [2.75, 3.05) is 0 Å². The molecule has 0 N–H and O–H groups in total. The lowest BCUT2D eigenvalue weighted by Gasteiger charge is -2.20. The minimum absolute atomic E-state index is 0.0694. The van der Waals surface area contributed by atoms with E-state index in [4.69, 9.17) is 15.0 Å². The standard InChI is InChI=1S/C47H40F2N4/c1-46(2,3)33-18-21-40-38(26-33)39-27-34(47(4,5)6)19-22-41(39)53(40)42-25-31(17-20-37(42)32-23-35(48)28-36(49)24-32)45-51-43(29-13-9-7-10-14-29)50-44(52-45)30-15-11-8-12-16-30/h7-28H,1-6H3. The third-order valence-electron chi connectivity index (χ3n) is 9.87. The molecule has 0 atom stereocenters. The lowest BCUT2D eigenvalue weighted by molar-refractivity contribution is 0.584. The van der Waals surface area contributed by atoms with Gasteiger partial charge in [-0.05, 0) is 70.0 Å². The first-order valence-electron chi connectivity index (χ1n) is 17.9. The van der Waals surface area contributed by atoms with Crippen LogP contribution in [0.25, 0.3) is 72.8 Å². The van der Waals surface area contributed by atoms with Crippen molar-refractivity contribution < 1.29 is 8.78 Å². The number of rotatable bonds is 5. The Balaban J connectivity index is 1.45. The lowest BCUT2D eigenvalue weighted by atomic mass is 9.85. The summed E-state index contributed by atoms with van der Waals surface area (Å²) in [7, 11) is 0. The highest BCUT2D eigenvalue weighted by atomic mass is 19.1. The average molecular weight is 699 g/mol. The van der Waals surface area contributed by atoms with Crippen LogP contribution in [0, 0.1) is 11.6 Å². The molecule has 0 aliphatic rings. The zero-order valence-corrected chi connectivity index (χ0v) is 30.7. The average Bonchev–Trinajstić information content (AvgIpc) is 3.47. The Bertz CT molecular complexity index is 2500. The van der Waals surface area contributed by atoms with Crippen LogP contribution in [0.5, 0.6) is 0 Å². The van der Waals surface area contributed by atoms with Gasteiger partial charge in [-0.2, -0.15) is 0 Å². The summed E-state index contributed by atoms with van der Waals surface area (Å²) in [4.78, 5) is 14.9. The fourth-order valence-corrected chi connectivity index (χ4v) is 6.96. The minimum Gasteiger partial charge on any atom is -0.309 e. The smallest absolute Gasteiger partial charge is 0.164 e. The number of hydrogen-bond donors (Lipinski definition) is 0. The number of benzene rings is 6. The molecule has 0 amide bonds. The van der Waals surface area contributed by atoms with Crippen molar-refractivity contribution >= 4 is 21.8 Å². The molecule has 4 nitrogen and oxygen atoms in total. The van der Waals surface area contributed by atoms with Crippen LogP contribution in [0.2, 0.25) is 0 Å². The summed E-state index contributed by atoms with van der Waals surface area (Å²) < 4.78 is 32.0. The highest BCUT2D eigenvalue weighted by Gasteiger charge is 2.23. The Morgan fingerprint density at radius 2 is 0.887 bits per heavy atom. The van der Waals surface area contributed by atoms with Crippen LogP contribution in [0.3, 0.4) is 0 Å². The zero-order valence-electron chi connectivity index (χ0n) is 30.7. The van der Waals surface area contributed by atoms with Crippen LogP contribution in [0.4, 0.5) is 8.78 Å². The van der Waals surface area contributed by atoms with Crippen LogP contribution < -0.4 is 0 Å². The van der Waals surface area contributed by atoms with E-state index >= 15 is 0 Å². The largest absolute Gasteiger partial charge is 0.309 e. The van der Waals surface area contributed by atoms with Crippen LogP contribution in [0.15, 0.2) is 133 Å². The van der Waals surface area contributed by atoms with E-state index in [1.54, 1.807) is 0 Å². The van der Waals surface area contributed by atoms with E-state index in [-0.39, 0.29) is 10.8 Å². The zero-order chi connectivity index (χ0) is 37.1. The Labute approximate surface area is 308 Å². The summed E-state index contributed by atoms with van der Waals surface area (Å²) in [6.07, 6.45) is 0. The molecule has 6 heteroatoms. The van der Waals surface area contributed by atoms with Gasteiger partial charge in [-0.15, -0.1) is 0 Å². The summed E-state index contributed by atoms with van der Waals surface area (Å²) in [5, 5.41) is 2.22. The summed E-state index contributed by atoms with van der Waals surface area (Å²) in [6.45, 7) is 13.3. The minimum atomic E-state index is -0.639. The highest BCUT2D eigenvalue weighted by molar-refractivity contribution is 6.10. The predicted octanol–water partition coefficient (Wildman–Crippen LogP) is 12.5. The van der Waals surface area contributed by atoms with Gasteiger partial charge in [0.25, 0.3) is 0 Å². The number of nitrogens with zero attached hydrogens (tertiary/aromatic N) is 4. The highest BCUT2D eigenvalue weighted by Crippen LogP contribution is 2.41. The fraction of sp³-hybridized carbons (Fsp3) is 0.170. The second-order valence-electron chi connectivity index (χ2n) is 15.7. The molecule has 8 aromatic rings. The summed E-state index contributed by atoms with van der Waals surface area (Å²) in [5.41, 5.74) is 8.61. The Morgan fingerprint density at radius 3 is 1.34 bits per heavy atom. The van der Waals surface area contributed by atoms with Gasteiger partial charge in [0.2, 0.25) is 0 Å². The van der Waals surface area contributed by atoms with Gasteiger partial charge in [0.1, 0.15) is 11.6 Å². The second kappa shape index (κ2) is 12.9. The molecule has 2 heterocycles. The third-order valence-corrected chi connectivity index (χ3v) is 9.87. The van der Waals surface area contributed by atoms with Gasteiger partial charge >= 0.3 is 0 Å². The van der Waals surface area contributed by atoms with Crippen LogP contribution in [-0.2, 0) is 10.8 Å². The first kappa shape index (κ1) is 34.1. The molecule has 0 unspecified atom stereocenters. The second-order valence-corrected chi connectivity index (χ2v) is 15.7. The number of hydrogen-bond acceptors (Lipinski definition) is 3. The number of fused-ring (bicyclic) bond motifs is 3. The van der Waals surface area contributed by atoms with Gasteiger partial charge in [0, 0.05) is 39.1 Å². The molecule has 0 aliphatic carbocycles. The predicted molar refractivity (Wildman–Crippen MR) is 213 cm³/mol. The molecule has 6 aromatic carbocycles. The molecular formula is C47H40F2N4. The normalized spacial score (nSPS) is 12.2. The first-order chi connectivity index (χ1) is 25.3. The SMILES string of the molecule is CC(C)(C)c1ccc2c(c1)c1cc(C(C)(C)C)ccc1n2-c1cc(-c2nc(-c3ccccc3)nc(-c3ccccc3)n2)ccc1-c1cc(F)cc(F)c1. The van der Waals surface area contributed by atoms with E-state index in [1.165, 1.54) is 23.3 Å². The van der Waals surface area contributed by atoms with Gasteiger partial charge in [-0.1, -0.05) is 126 Å². The monoisotopic (exact) mass is 698 g/mol. The molecule has 262 valence electrons. The maximum atomic E-state index is 14.9. The van der Waals surface area contributed by atoms with Crippen molar-refractivity contribution in [1.29, 1.82) is 0 Å². The van der Waals surface area contributed by atoms with Crippen LogP contribution >= 0.6 is 0 Å². The summed E-state index contributed by atoms with van der Waals surface area (Å²) in [6, 6.07) is 42.5. The van der Waals surface area contributed by atoms with Crippen molar-refractivity contribution in [3.63, 3.8) is 0 Å². The quantitative estimate of drug-likeness (QED) is 0.180.